The molecule has 2 amide bonds. The number of ether oxygens (including phenoxy) is 3. The van der Waals surface area contributed by atoms with Crippen LogP contribution in [0.2, 0.25) is 10.0 Å². The Morgan fingerprint density at radius 1 is 0.900 bits per heavy atom. The average Bonchev–Trinajstić information content (AvgIpc) is 3.53. The van der Waals surface area contributed by atoms with Gasteiger partial charge in [-0.1, -0.05) is 53.5 Å². The minimum absolute atomic E-state index is 0.0411. The zero-order valence-corrected chi connectivity index (χ0v) is 28.7. The van der Waals surface area contributed by atoms with E-state index in [9.17, 15) is 14.4 Å². The molecule has 9 nitrogen and oxygen atoms in total. The maximum atomic E-state index is 13.8. The van der Waals surface area contributed by atoms with Crippen LogP contribution in [0.5, 0.6) is 11.5 Å². The van der Waals surface area contributed by atoms with E-state index in [1.165, 1.54) is 11.1 Å². The molecule has 2 aliphatic heterocycles. The molecule has 0 bridgehead atoms. The lowest BCUT2D eigenvalue weighted by molar-refractivity contribution is -0.137. The normalized spacial score (nSPS) is 18.7. The van der Waals surface area contributed by atoms with Crippen molar-refractivity contribution in [3.8, 4) is 11.5 Å². The van der Waals surface area contributed by atoms with Gasteiger partial charge in [-0.25, -0.2) is 9.80 Å². The van der Waals surface area contributed by atoms with Crippen LogP contribution in [-0.4, -0.2) is 48.3 Å². The van der Waals surface area contributed by atoms with E-state index in [4.69, 9.17) is 42.5 Å². The van der Waals surface area contributed by atoms with Gasteiger partial charge in [-0.3, -0.25) is 9.59 Å². The minimum Gasteiger partial charge on any atom is -0.486 e. The number of esters is 1. The number of carbonyl (C=O) groups excluding carboxylic acids is 3. The van der Waals surface area contributed by atoms with Gasteiger partial charge in [0.15, 0.2) is 18.1 Å². The molecule has 0 radical (unpaired) electrons. The molecule has 4 aromatic carbocycles. The number of hydrogen-bond donors (Lipinski definition) is 1. The summed E-state index contributed by atoms with van der Waals surface area (Å²) in [4.78, 5) is 40.2. The van der Waals surface area contributed by atoms with E-state index in [0.717, 1.165) is 47.2 Å². The van der Waals surface area contributed by atoms with E-state index in [1.807, 2.05) is 43.3 Å². The lowest BCUT2D eigenvalue weighted by atomic mass is 9.77. The topological polar surface area (TPSA) is 107 Å². The molecule has 7 rings (SSSR count). The third-order valence-electron chi connectivity index (χ3n) is 9.03. The lowest BCUT2D eigenvalue weighted by Gasteiger charge is -2.29. The Kier molecular flexibility index (Phi) is 9.61. The zero-order chi connectivity index (χ0) is 34.8. The van der Waals surface area contributed by atoms with E-state index in [2.05, 4.69) is 11.4 Å². The molecule has 2 unspecified atom stereocenters. The molecular weight excluding hydrogens is 677 g/mol. The van der Waals surface area contributed by atoms with Gasteiger partial charge in [0.05, 0.1) is 17.3 Å². The Labute approximate surface area is 299 Å². The molecule has 0 spiro atoms. The van der Waals surface area contributed by atoms with Crippen molar-refractivity contribution in [1.29, 1.82) is 0 Å². The largest absolute Gasteiger partial charge is 0.486 e. The fourth-order valence-electron chi connectivity index (χ4n) is 6.50. The average molecular weight is 711 g/mol. The number of hydrogen-bond acceptors (Lipinski definition) is 7. The van der Waals surface area contributed by atoms with Gasteiger partial charge in [-0.15, -0.1) is 0 Å². The summed E-state index contributed by atoms with van der Waals surface area (Å²) >= 11 is 12.3. The third-order valence-corrected chi connectivity index (χ3v) is 9.54. The number of fused-ring (bicyclic) bond motifs is 2. The maximum absolute atomic E-state index is 13.8. The second kappa shape index (κ2) is 14.4. The number of allylic oxidation sites excluding steroid dienone is 1. The number of anilines is 1. The summed E-state index contributed by atoms with van der Waals surface area (Å²) in [6.45, 7) is 2.15. The Balaban J connectivity index is 1.08. The number of benzene rings is 4. The van der Waals surface area contributed by atoms with E-state index >= 15 is 0 Å². The van der Waals surface area contributed by atoms with E-state index in [0.29, 0.717) is 46.0 Å². The van der Waals surface area contributed by atoms with Gasteiger partial charge >= 0.3 is 5.97 Å². The highest BCUT2D eigenvalue weighted by molar-refractivity contribution is 6.30. The second-order valence-electron chi connectivity index (χ2n) is 12.4. The molecule has 0 saturated heterocycles. The smallest absolute Gasteiger partial charge is 0.338 e. The highest BCUT2D eigenvalue weighted by Crippen LogP contribution is 2.44. The van der Waals surface area contributed by atoms with Crippen molar-refractivity contribution in [2.45, 2.75) is 32.2 Å². The Bertz CT molecular complexity index is 2030. The first kappa shape index (κ1) is 33.4. The fourth-order valence-corrected chi connectivity index (χ4v) is 6.75. The predicted octanol–water partition coefficient (Wildman–Crippen LogP) is 8.31. The SMILES string of the molecule is Cc1ccc(C(=O)OCC(=O)N2N=C3/C(=C\c4ccc(Cl)cc4)CCCC3C2c2ccc(Cl)cc2)cc1NC(=O)c1ccc2c(c1)OCCO2. The van der Waals surface area contributed by atoms with E-state index < -0.39 is 18.5 Å². The standard InChI is InChI=1S/C39H33Cl2N3O6/c1-23-5-8-28(20-32(23)42-38(46)27-11-16-33-34(21-27)49-18-17-48-33)39(47)50-22-35(45)44-37(25-9-14-30(41)15-10-25)31-4-2-3-26(36(31)43-44)19-24-6-12-29(40)13-7-24/h5-16,19-21,31,37H,2-4,17-18,22H2,1H3,(H,42,46)/b26-19-. The molecule has 4 aromatic rings. The van der Waals surface area contributed by atoms with Gasteiger partial charge in [-0.05, 0) is 109 Å². The van der Waals surface area contributed by atoms with Gasteiger partial charge in [0, 0.05) is 27.2 Å². The molecule has 0 aromatic heterocycles. The summed E-state index contributed by atoms with van der Waals surface area (Å²) in [6.07, 6.45) is 4.70. The molecule has 1 aliphatic carbocycles. The molecule has 50 heavy (non-hydrogen) atoms. The molecule has 2 heterocycles. The number of halogens is 2. The highest BCUT2D eigenvalue weighted by Gasteiger charge is 2.44. The third kappa shape index (κ3) is 7.11. The zero-order valence-electron chi connectivity index (χ0n) is 27.2. The Morgan fingerprint density at radius 2 is 1.60 bits per heavy atom. The Hall–Kier alpha value is -5.12. The van der Waals surface area contributed by atoms with Crippen molar-refractivity contribution in [1.82, 2.24) is 5.01 Å². The summed E-state index contributed by atoms with van der Waals surface area (Å²) in [6, 6.07) is 24.4. The lowest BCUT2D eigenvalue weighted by Crippen LogP contribution is -2.34. The summed E-state index contributed by atoms with van der Waals surface area (Å²) in [5.74, 6) is -0.499. The van der Waals surface area contributed by atoms with Gasteiger partial charge in [-0.2, -0.15) is 5.10 Å². The van der Waals surface area contributed by atoms with Gasteiger partial charge < -0.3 is 19.5 Å². The summed E-state index contributed by atoms with van der Waals surface area (Å²) < 4.78 is 16.7. The Morgan fingerprint density at radius 3 is 2.36 bits per heavy atom. The number of nitrogens with one attached hydrogen (secondary N) is 1. The van der Waals surface area contributed by atoms with Crippen molar-refractivity contribution < 1.29 is 28.6 Å². The summed E-state index contributed by atoms with van der Waals surface area (Å²) in [7, 11) is 0. The summed E-state index contributed by atoms with van der Waals surface area (Å²) in [5.41, 5.74) is 5.53. The first-order chi connectivity index (χ1) is 24.2. The maximum Gasteiger partial charge on any atom is 0.338 e. The van der Waals surface area contributed by atoms with Crippen LogP contribution < -0.4 is 14.8 Å². The van der Waals surface area contributed by atoms with Gasteiger partial charge in [0.25, 0.3) is 11.8 Å². The number of carbonyl (C=O) groups is 3. The van der Waals surface area contributed by atoms with Crippen LogP contribution in [0.3, 0.4) is 0 Å². The van der Waals surface area contributed by atoms with Crippen molar-refractivity contribution in [2.24, 2.45) is 11.0 Å². The van der Waals surface area contributed by atoms with Crippen LogP contribution in [0.1, 0.15) is 62.7 Å². The van der Waals surface area contributed by atoms with E-state index in [-0.39, 0.29) is 23.4 Å². The van der Waals surface area contributed by atoms with Crippen molar-refractivity contribution >= 4 is 58.5 Å². The van der Waals surface area contributed by atoms with E-state index in [1.54, 1.807) is 42.5 Å². The van der Waals surface area contributed by atoms with Crippen molar-refractivity contribution in [3.05, 3.63) is 128 Å². The molecule has 1 fully saturated rings. The second-order valence-corrected chi connectivity index (χ2v) is 13.2. The van der Waals surface area contributed by atoms with Gasteiger partial charge in [0.1, 0.15) is 13.2 Å². The van der Waals surface area contributed by atoms with Crippen LogP contribution in [-0.2, 0) is 9.53 Å². The number of amides is 2. The predicted molar refractivity (Wildman–Crippen MR) is 192 cm³/mol. The highest BCUT2D eigenvalue weighted by atomic mass is 35.5. The number of aryl methyl sites for hydroxylation is 1. The van der Waals surface area contributed by atoms with Crippen LogP contribution in [0.15, 0.2) is 95.6 Å². The van der Waals surface area contributed by atoms with Crippen molar-refractivity contribution in [2.75, 3.05) is 25.1 Å². The monoisotopic (exact) mass is 709 g/mol. The molecule has 1 saturated carbocycles. The van der Waals surface area contributed by atoms with Crippen LogP contribution in [0, 0.1) is 12.8 Å². The first-order valence-electron chi connectivity index (χ1n) is 16.3. The molecule has 3 aliphatic rings. The quantitative estimate of drug-likeness (QED) is 0.194. The van der Waals surface area contributed by atoms with Crippen LogP contribution in [0.25, 0.3) is 6.08 Å². The molecule has 2 atom stereocenters. The number of nitrogens with zero attached hydrogens (tertiary/aromatic N) is 2. The summed E-state index contributed by atoms with van der Waals surface area (Å²) in [5, 5.41) is 10.4. The molecule has 11 heteroatoms. The number of rotatable bonds is 7. The van der Waals surface area contributed by atoms with Crippen molar-refractivity contribution in [3.63, 3.8) is 0 Å². The minimum atomic E-state index is -0.705. The first-order valence-corrected chi connectivity index (χ1v) is 17.1. The molecular formula is C39H33Cl2N3O6. The number of hydrazone groups is 1. The molecule has 1 N–H and O–H groups in total. The fraction of sp³-hybridized carbons (Fsp3) is 0.231. The van der Waals surface area contributed by atoms with Crippen LogP contribution in [0.4, 0.5) is 5.69 Å². The van der Waals surface area contributed by atoms with Gasteiger partial charge in [0.2, 0.25) is 0 Å². The molecule has 254 valence electrons. The van der Waals surface area contributed by atoms with Crippen LogP contribution >= 0.6 is 23.2 Å².